The predicted molar refractivity (Wildman–Crippen MR) is 117 cm³/mol. The van der Waals surface area contributed by atoms with Crippen molar-refractivity contribution in [1.82, 2.24) is 0 Å². The van der Waals surface area contributed by atoms with Crippen molar-refractivity contribution in [2.45, 2.75) is 43.9 Å². The standard InChI is InChI=1S/C24H30O9/c1-3-30-24(28)32-14-20-22(26)23(27)21(25)19(33-20)13-31-18-7-5-4-6-16(18)12-15-8-10-17(29-2)11-9-15/h4-11,19-23,25-27H,3,12-14H2,1-2H3/t19-,20+,21-,22+,23+/m0/s1. The third-order valence-corrected chi connectivity index (χ3v) is 5.37. The Morgan fingerprint density at radius 3 is 2.24 bits per heavy atom. The lowest BCUT2D eigenvalue weighted by atomic mass is 9.95. The second-order valence-corrected chi connectivity index (χ2v) is 7.62. The quantitative estimate of drug-likeness (QED) is 0.478. The minimum absolute atomic E-state index is 0.0829. The van der Waals surface area contributed by atoms with E-state index in [4.69, 9.17) is 18.9 Å². The molecule has 1 aliphatic rings. The van der Waals surface area contributed by atoms with Crippen LogP contribution in [0, 0.1) is 0 Å². The molecule has 1 fully saturated rings. The fraction of sp³-hybridized carbons (Fsp3) is 0.458. The van der Waals surface area contributed by atoms with Gasteiger partial charge in [-0.05, 0) is 36.2 Å². The first kappa shape index (κ1) is 24.8. The van der Waals surface area contributed by atoms with E-state index in [0.29, 0.717) is 12.2 Å². The largest absolute Gasteiger partial charge is 0.508 e. The van der Waals surface area contributed by atoms with Gasteiger partial charge in [-0.3, -0.25) is 0 Å². The number of hydrogen-bond donors (Lipinski definition) is 3. The van der Waals surface area contributed by atoms with Gasteiger partial charge in [0, 0.05) is 6.42 Å². The van der Waals surface area contributed by atoms with Crippen LogP contribution in [0.3, 0.4) is 0 Å². The minimum atomic E-state index is -1.49. The van der Waals surface area contributed by atoms with Gasteiger partial charge in [0.25, 0.3) is 0 Å². The topological polar surface area (TPSA) is 124 Å². The Kier molecular flexibility index (Phi) is 8.90. The highest BCUT2D eigenvalue weighted by molar-refractivity contribution is 5.59. The Bertz CT molecular complexity index is 886. The van der Waals surface area contributed by atoms with Gasteiger partial charge in [0.2, 0.25) is 0 Å². The number of carbonyl (C=O) groups excluding carboxylic acids is 1. The number of aliphatic hydroxyl groups excluding tert-OH is 3. The Morgan fingerprint density at radius 1 is 0.909 bits per heavy atom. The summed E-state index contributed by atoms with van der Waals surface area (Å²) in [4.78, 5) is 11.4. The highest BCUT2D eigenvalue weighted by Crippen LogP contribution is 2.26. The van der Waals surface area contributed by atoms with E-state index in [1.165, 1.54) is 0 Å². The Labute approximate surface area is 192 Å². The van der Waals surface area contributed by atoms with E-state index in [0.717, 1.165) is 16.9 Å². The molecular formula is C24H30O9. The number of aliphatic hydroxyl groups is 3. The molecule has 0 unspecified atom stereocenters. The van der Waals surface area contributed by atoms with Crippen molar-refractivity contribution in [3.8, 4) is 11.5 Å². The Balaban J connectivity index is 1.63. The van der Waals surface area contributed by atoms with Gasteiger partial charge in [0.1, 0.15) is 55.2 Å². The van der Waals surface area contributed by atoms with E-state index in [9.17, 15) is 20.1 Å². The number of para-hydroxylation sites is 1. The monoisotopic (exact) mass is 462 g/mol. The first-order chi connectivity index (χ1) is 15.9. The fourth-order valence-electron chi connectivity index (χ4n) is 3.54. The molecule has 0 bridgehead atoms. The van der Waals surface area contributed by atoms with Gasteiger partial charge >= 0.3 is 6.16 Å². The summed E-state index contributed by atoms with van der Waals surface area (Å²) in [5.41, 5.74) is 1.99. The second-order valence-electron chi connectivity index (χ2n) is 7.62. The van der Waals surface area contributed by atoms with Crippen molar-refractivity contribution in [1.29, 1.82) is 0 Å². The van der Waals surface area contributed by atoms with Gasteiger partial charge in [-0.15, -0.1) is 0 Å². The zero-order valence-electron chi connectivity index (χ0n) is 18.6. The van der Waals surface area contributed by atoms with Crippen LogP contribution in [0.15, 0.2) is 48.5 Å². The lowest BCUT2D eigenvalue weighted by molar-refractivity contribution is -0.234. The molecule has 5 atom stereocenters. The molecule has 2 aromatic carbocycles. The van der Waals surface area contributed by atoms with Crippen LogP contribution in [-0.4, -0.2) is 78.9 Å². The molecule has 0 saturated carbocycles. The van der Waals surface area contributed by atoms with E-state index in [-0.39, 0.29) is 19.8 Å². The van der Waals surface area contributed by atoms with Crippen molar-refractivity contribution in [3.63, 3.8) is 0 Å². The summed E-state index contributed by atoms with van der Waals surface area (Å²) in [6, 6.07) is 15.2. The minimum Gasteiger partial charge on any atom is -0.497 e. The third kappa shape index (κ3) is 6.58. The number of methoxy groups -OCH3 is 1. The number of benzene rings is 2. The predicted octanol–water partition coefficient (Wildman–Crippen LogP) is 1.69. The maximum absolute atomic E-state index is 11.4. The summed E-state index contributed by atoms with van der Waals surface area (Å²) < 4.78 is 26.4. The van der Waals surface area contributed by atoms with Crippen molar-refractivity contribution < 1.29 is 43.8 Å². The van der Waals surface area contributed by atoms with Gasteiger partial charge in [-0.1, -0.05) is 30.3 Å². The van der Waals surface area contributed by atoms with Crippen LogP contribution in [0.5, 0.6) is 11.5 Å². The van der Waals surface area contributed by atoms with E-state index < -0.39 is 36.7 Å². The Hall–Kier alpha value is -2.85. The molecule has 33 heavy (non-hydrogen) atoms. The van der Waals surface area contributed by atoms with Gasteiger partial charge < -0.3 is 39.0 Å². The molecule has 0 amide bonds. The highest BCUT2D eigenvalue weighted by atomic mass is 16.7. The van der Waals surface area contributed by atoms with Crippen LogP contribution in [0.25, 0.3) is 0 Å². The summed E-state index contributed by atoms with van der Waals surface area (Å²) in [7, 11) is 1.61. The van der Waals surface area contributed by atoms with Crippen LogP contribution >= 0.6 is 0 Å². The zero-order chi connectivity index (χ0) is 23.8. The first-order valence-electron chi connectivity index (χ1n) is 10.8. The third-order valence-electron chi connectivity index (χ3n) is 5.37. The molecule has 9 heteroatoms. The summed E-state index contributed by atoms with van der Waals surface area (Å²) in [6.07, 6.45) is -6.59. The van der Waals surface area contributed by atoms with Gasteiger partial charge in [-0.2, -0.15) is 0 Å². The van der Waals surface area contributed by atoms with E-state index >= 15 is 0 Å². The summed E-state index contributed by atoms with van der Waals surface area (Å²) >= 11 is 0. The van der Waals surface area contributed by atoms with Crippen LogP contribution < -0.4 is 9.47 Å². The number of hydrogen-bond acceptors (Lipinski definition) is 9. The molecule has 180 valence electrons. The zero-order valence-corrected chi connectivity index (χ0v) is 18.6. The van der Waals surface area contributed by atoms with E-state index in [2.05, 4.69) is 4.74 Å². The maximum Gasteiger partial charge on any atom is 0.508 e. The molecule has 0 spiro atoms. The van der Waals surface area contributed by atoms with Crippen molar-refractivity contribution in [2.24, 2.45) is 0 Å². The molecule has 1 saturated heterocycles. The molecule has 9 nitrogen and oxygen atoms in total. The summed E-state index contributed by atoms with van der Waals surface area (Å²) in [6.45, 7) is 1.35. The van der Waals surface area contributed by atoms with E-state index in [1.807, 2.05) is 42.5 Å². The molecule has 3 rings (SSSR count). The van der Waals surface area contributed by atoms with Gasteiger partial charge in [-0.25, -0.2) is 4.79 Å². The normalized spacial score (nSPS) is 24.7. The van der Waals surface area contributed by atoms with Crippen molar-refractivity contribution in [3.05, 3.63) is 59.7 Å². The summed E-state index contributed by atoms with van der Waals surface area (Å²) in [5, 5.41) is 30.8. The molecule has 0 radical (unpaired) electrons. The van der Waals surface area contributed by atoms with Crippen LogP contribution in [0.2, 0.25) is 0 Å². The maximum atomic E-state index is 11.4. The van der Waals surface area contributed by atoms with Gasteiger partial charge in [0.15, 0.2) is 0 Å². The van der Waals surface area contributed by atoms with Gasteiger partial charge in [0.05, 0.1) is 13.7 Å². The first-order valence-corrected chi connectivity index (χ1v) is 10.8. The number of rotatable bonds is 9. The van der Waals surface area contributed by atoms with Crippen LogP contribution in [0.1, 0.15) is 18.1 Å². The molecule has 1 heterocycles. The molecular weight excluding hydrogens is 432 g/mol. The van der Waals surface area contributed by atoms with Crippen LogP contribution in [-0.2, 0) is 20.6 Å². The van der Waals surface area contributed by atoms with Crippen LogP contribution in [0.4, 0.5) is 4.79 Å². The average molecular weight is 462 g/mol. The lowest BCUT2D eigenvalue weighted by Crippen LogP contribution is -2.60. The molecule has 3 N–H and O–H groups in total. The number of ether oxygens (including phenoxy) is 5. The molecule has 2 aromatic rings. The van der Waals surface area contributed by atoms with E-state index in [1.54, 1.807) is 20.1 Å². The summed E-state index contributed by atoms with van der Waals surface area (Å²) in [5.74, 6) is 1.37. The molecule has 0 aliphatic carbocycles. The smallest absolute Gasteiger partial charge is 0.497 e. The molecule has 0 aromatic heterocycles. The second kappa shape index (κ2) is 11.9. The lowest BCUT2D eigenvalue weighted by Gasteiger charge is -2.40. The molecule has 1 aliphatic heterocycles. The average Bonchev–Trinajstić information content (AvgIpc) is 2.83. The SMILES string of the molecule is CCOC(=O)OC[C@H]1O[C@@H](COc2ccccc2Cc2ccc(OC)cc2)[C@H](O)[C@@H](O)[C@@H]1O. The van der Waals surface area contributed by atoms with Crippen molar-refractivity contribution in [2.75, 3.05) is 26.9 Å². The highest BCUT2D eigenvalue weighted by Gasteiger charge is 2.44. The fourth-order valence-corrected chi connectivity index (χ4v) is 3.54. The number of carbonyl (C=O) groups is 1. The van der Waals surface area contributed by atoms with Crippen molar-refractivity contribution >= 4 is 6.16 Å². The Morgan fingerprint density at radius 2 is 1.58 bits per heavy atom.